The number of rotatable bonds is 1. The first kappa shape index (κ1) is 7.98. The van der Waals surface area contributed by atoms with E-state index in [9.17, 15) is 9.59 Å². The molecule has 0 bridgehead atoms. The van der Waals surface area contributed by atoms with E-state index in [0.717, 1.165) is 0 Å². The van der Waals surface area contributed by atoms with Crippen molar-refractivity contribution >= 4 is 11.8 Å². The number of hydrogen-bond donors (Lipinski definition) is 0. The van der Waals surface area contributed by atoms with E-state index < -0.39 is 12.1 Å². The summed E-state index contributed by atoms with van der Waals surface area (Å²) in [7, 11) is 0. The maximum absolute atomic E-state index is 11.1. The molecule has 0 spiro atoms. The van der Waals surface area contributed by atoms with Crippen molar-refractivity contribution in [3.8, 4) is 0 Å². The number of hydrogen-bond acceptors (Lipinski definition) is 3. The van der Waals surface area contributed by atoms with Crippen LogP contribution in [0.1, 0.15) is 20.3 Å². The van der Waals surface area contributed by atoms with Crippen LogP contribution in [-0.2, 0) is 14.3 Å². The summed E-state index contributed by atoms with van der Waals surface area (Å²) < 4.78 is 4.75. The van der Waals surface area contributed by atoms with Crippen LogP contribution in [0.4, 0.5) is 0 Å². The predicted molar refractivity (Wildman–Crippen MR) is 38.9 cm³/mol. The average Bonchev–Trinajstić information content (AvgIpc) is 2.18. The zero-order chi connectivity index (χ0) is 8.43. The van der Waals surface area contributed by atoms with Crippen molar-refractivity contribution in [3.63, 3.8) is 0 Å². The fourth-order valence-electron chi connectivity index (χ4n) is 1.05. The van der Waals surface area contributed by atoms with Crippen LogP contribution < -0.4 is 0 Å². The maximum atomic E-state index is 11.1. The summed E-state index contributed by atoms with van der Waals surface area (Å²) >= 11 is 0. The van der Waals surface area contributed by atoms with Gasteiger partial charge in [0.05, 0.1) is 0 Å². The van der Waals surface area contributed by atoms with Gasteiger partial charge < -0.3 is 4.74 Å². The molecular formula is C8H10O3. The standard InChI is InChI=1S/C8H10O3/c1-5-3-4-7(8(5)10)11-6(2)9/h3,7H,4H2,1-2H3. The molecule has 60 valence electrons. The van der Waals surface area contributed by atoms with Crippen LogP contribution in [0.25, 0.3) is 0 Å². The first-order valence-electron chi connectivity index (χ1n) is 3.49. The molecule has 3 nitrogen and oxygen atoms in total. The van der Waals surface area contributed by atoms with Gasteiger partial charge in [-0.3, -0.25) is 9.59 Å². The minimum absolute atomic E-state index is 0.0693. The number of Topliss-reactive ketones (excluding diaryl/α,β-unsaturated/α-hetero) is 1. The van der Waals surface area contributed by atoms with Crippen molar-refractivity contribution in [1.82, 2.24) is 0 Å². The summed E-state index contributed by atoms with van der Waals surface area (Å²) in [6.07, 6.45) is 1.77. The van der Waals surface area contributed by atoms with E-state index >= 15 is 0 Å². The Morgan fingerprint density at radius 1 is 1.73 bits per heavy atom. The molecule has 1 rings (SSSR count). The summed E-state index contributed by atoms with van der Waals surface area (Å²) in [6, 6.07) is 0. The highest BCUT2D eigenvalue weighted by molar-refractivity contribution is 6.01. The van der Waals surface area contributed by atoms with E-state index in [1.165, 1.54) is 6.92 Å². The van der Waals surface area contributed by atoms with Gasteiger partial charge in [-0.15, -0.1) is 0 Å². The third-order valence-electron chi connectivity index (χ3n) is 1.63. The predicted octanol–water partition coefficient (Wildman–Crippen LogP) is 0.837. The smallest absolute Gasteiger partial charge is 0.303 e. The van der Waals surface area contributed by atoms with Crippen LogP contribution in [-0.4, -0.2) is 17.9 Å². The van der Waals surface area contributed by atoms with Crippen molar-refractivity contribution in [2.24, 2.45) is 0 Å². The fourth-order valence-corrected chi connectivity index (χ4v) is 1.05. The lowest BCUT2D eigenvalue weighted by molar-refractivity contribution is -0.150. The Hall–Kier alpha value is -1.12. The van der Waals surface area contributed by atoms with Crippen molar-refractivity contribution in [2.45, 2.75) is 26.4 Å². The van der Waals surface area contributed by atoms with Gasteiger partial charge in [-0.1, -0.05) is 6.08 Å². The van der Waals surface area contributed by atoms with E-state index in [1.807, 2.05) is 0 Å². The first-order valence-corrected chi connectivity index (χ1v) is 3.49. The van der Waals surface area contributed by atoms with Crippen molar-refractivity contribution in [2.75, 3.05) is 0 Å². The van der Waals surface area contributed by atoms with Crippen LogP contribution in [0.15, 0.2) is 11.6 Å². The van der Waals surface area contributed by atoms with Crippen molar-refractivity contribution in [3.05, 3.63) is 11.6 Å². The van der Waals surface area contributed by atoms with Gasteiger partial charge in [0.1, 0.15) is 0 Å². The number of ether oxygens (including phenoxy) is 1. The van der Waals surface area contributed by atoms with Gasteiger partial charge in [0.15, 0.2) is 11.9 Å². The van der Waals surface area contributed by atoms with E-state index in [0.29, 0.717) is 12.0 Å². The Labute approximate surface area is 65.0 Å². The number of carbonyl (C=O) groups excluding carboxylic acids is 2. The minimum Gasteiger partial charge on any atom is -0.454 e. The topological polar surface area (TPSA) is 43.4 Å². The molecule has 0 aromatic carbocycles. The molecule has 0 aromatic rings. The third kappa shape index (κ3) is 1.67. The van der Waals surface area contributed by atoms with Crippen LogP contribution in [0.5, 0.6) is 0 Å². The van der Waals surface area contributed by atoms with Crippen LogP contribution >= 0.6 is 0 Å². The number of ketones is 1. The largest absolute Gasteiger partial charge is 0.454 e. The lowest BCUT2D eigenvalue weighted by Gasteiger charge is -2.07. The second-order valence-corrected chi connectivity index (χ2v) is 2.59. The third-order valence-corrected chi connectivity index (χ3v) is 1.63. The highest BCUT2D eigenvalue weighted by atomic mass is 16.5. The maximum Gasteiger partial charge on any atom is 0.303 e. The molecule has 0 radical (unpaired) electrons. The fraction of sp³-hybridized carbons (Fsp3) is 0.500. The van der Waals surface area contributed by atoms with Crippen LogP contribution in [0, 0.1) is 0 Å². The molecule has 3 heteroatoms. The molecule has 1 aliphatic carbocycles. The van der Waals surface area contributed by atoms with Gasteiger partial charge in [-0.05, 0) is 12.5 Å². The normalized spacial score (nSPS) is 23.3. The van der Waals surface area contributed by atoms with Crippen molar-refractivity contribution in [1.29, 1.82) is 0 Å². The number of carbonyl (C=O) groups is 2. The Morgan fingerprint density at radius 2 is 2.36 bits per heavy atom. The average molecular weight is 154 g/mol. The monoisotopic (exact) mass is 154 g/mol. The van der Waals surface area contributed by atoms with Crippen molar-refractivity contribution < 1.29 is 14.3 Å². The molecule has 1 atom stereocenters. The molecule has 0 saturated carbocycles. The molecule has 11 heavy (non-hydrogen) atoms. The molecule has 0 amide bonds. The van der Waals surface area contributed by atoms with Gasteiger partial charge >= 0.3 is 5.97 Å². The molecule has 0 aliphatic heterocycles. The molecule has 0 saturated heterocycles. The van der Waals surface area contributed by atoms with E-state index in [2.05, 4.69) is 0 Å². The summed E-state index contributed by atoms with van der Waals surface area (Å²) in [5.41, 5.74) is 0.691. The summed E-state index contributed by atoms with van der Waals surface area (Å²) in [6.45, 7) is 3.03. The van der Waals surface area contributed by atoms with Gasteiger partial charge in [-0.25, -0.2) is 0 Å². The second-order valence-electron chi connectivity index (χ2n) is 2.59. The quantitative estimate of drug-likeness (QED) is 0.525. The lowest BCUT2D eigenvalue weighted by atomic mass is 10.2. The van der Waals surface area contributed by atoms with Gasteiger partial charge in [0.25, 0.3) is 0 Å². The first-order chi connectivity index (χ1) is 5.11. The Balaban J connectivity index is 2.54. The van der Waals surface area contributed by atoms with E-state index in [4.69, 9.17) is 4.74 Å². The molecule has 0 aromatic heterocycles. The molecule has 1 aliphatic rings. The summed E-state index contributed by atoms with van der Waals surface area (Å²) in [5.74, 6) is -0.466. The Morgan fingerprint density at radius 3 is 2.73 bits per heavy atom. The van der Waals surface area contributed by atoms with Gasteiger partial charge in [0.2, 0.25) is 0 Å². The molecule has 0 N–H and O–H groups in total. The minimum atomic E-state index is -0.549. The molecule has 0 heterocycles. The van der Waals surface area contributed by atoms with Gasteiger partial charge in [-0.2, -0.15) is 0 Å². The van der Waals surface area contributed by atoms with Gasteiger partial charge in [0, 0.05) is 13.3 Å². The van der Waals surface area contributed by atoms with Crippen LogP contribution in [0.2, 0.25) is 0 Å². The number of esters is 1. The second kappa shape index (κ2) is 2.86. The SMILES string of the molecule is CC(=O)OC1CC=C(C)C1=O. The van der Waals surface area contributed by atoms with Crippen LogP contribution in [0.3, 0.4) is 0 Å². The zero-order valence-corrected chi connectivity index (χ0v) is 6.59. The Bertz CT molecular complexity index is 227. The van der Waals surface area contributed by atoms with E-state index in [-0.39, 0.29) is 5.78 Å². The summed E-state index contributed by atoms with van der Waals surface area (Å²) in [4.78, 5) is 21.5. The highest BCUT2D eigenvalue weighted by Gasteiger charge is 2.26. The molecular weight excluding hydrogens is 144 g/mol. The molecule has 0 fully saturated rings. The van der Waals surface area contributed by atoms with E-state index in [1.54, 1.807) is 13.0 Å². The molecule has 1 unspecified atom stereocenters. The zero-order valence-electron chi connectivity index (χ0n) is 6.59. The Kier molecular flexibility index (Phi) is 2.08. The lowest BCUT2D eigenvalue weighted by Crippen LogP contribution is -2.22. The summed E-state index contributed by atoms with van der Waals surface area (Å²) in [5, 5.41) is 0. The highest BCUT2D eigenvalue weighted by Crippen LogP contribution is 2.16.